The number of ether oxygens (including phenoxy) is 1. The lowest BCUT2D eigenvalue weighted by Crippen LogP contribution is -2.42. The van der Waals surface area contributed by atoms with Gasteiger partial charge in [0.25, 0.3) is 0 Å². The molecule has 2 unspecified atom stereocenters. The summed E-state index contributed by atoms with van der Waals surface area (Å²) in [4.78, 5) is 9.59. The van der Waals surface area contributed by atoms with E-state index in [1.165, 1.54) is 18.4 Å². The number of likely N-dealkylation sites (N-methyl/N-ethyl adjacent to an activating group) is 1. The number of nitrogens with one attached hydrogen (secondary N) is 1. The van der Waals surface area contributed by atoms with Crippen molar-refractivity contribution in [1.29, 1.82) is 0 Å². The minimum absolute atomic E-state index is 0. The third-order valence-electron chi connectivity index (χ3n) is 5.40. The fraction of sp³-hybridized carbons (Fsp3) is 0.778. The van der Waals surface area contributed by atoms with E-state index in [1.807, 2.05) is 17.9 Å². The van der Waals surface area contributed by atoms with E-state index in [-0.39, 0.29) is 30.0 Å². The molecule has 2 fully saturated rings. The van der Waals surface area contributed by atoms with Gasteiger partial charge in [0.2, 0.25) is 0 Å². The van der Waals surface area contributed by atoms with Gasteiger partial charge >= 0.3 is 0 Å². The first kappa shape index (κ1) is 21.4. The van der Waals surface area contributed by atoms with Gasteiger partial charge in [-0.05, 0) is 33.9 Å². The van der Waals surface area contributed by atoms with Crippen LogP contribution in [-0.2, 0) is 11.8 Å². The van der Waals surface area contributed by atoms with E-state index >= 15 is 0 Å². The van der Waals surface area contributed by atoms with Crippen LogP contribution in [0.2, 0.25) is 0 Å². The Hall–Kier alpha value is -0.870. The van der Waals surface area contributed by atoms with E-state index < -0.39 is 0 Å². The number of rotatable bonds is 5. The number of nitrogens with zero attached hydrogens (tertiary/aromatic N) is 5. The number of halogens is 1. The number of guanidine groups is 1. The highest BCUT2D eigenvalue weighted by Crippen LogP contribution is 2.38. The molecular weight excluding hydrogens is 443 g/mol. The molecule has 3 heterocycles. The molecule has 2 aliphatic heterocycles. The molecule has 0 aromatic carbocycles. The van der Waals surface area contributed by atoms with Crippen LogP contribution >= 0.6 is 24.0 Å². The zero-order valence-corrected chi connectivity index (χ0v) is 18.8. The maximum atomic E-state index is 5.66. The van der Waals surface area contributed by atoms with Crippen molar-refractivity contribution in [2.24, 2.45) is 17.5 Å². The summed E-state index contributed by atoms with van der Waals surface area (Å²) >= 11 is 0. The maximum absolute atomic E-state index is 5.66. The van der Waals surface area contributed by atoms with Crippen LogP contribution in [0.25, 0.3) is 0 Å². The van der Waals surface area contributed by atoms with Crippen molar-refractivity contribution in [2.45, 2.75) is 25.8 Å². The third kappa shape index (κ3) is 4.89. The summed E-state index contributed by atoms with van der Waals surface area (Å²) in [7, 11) is 6.15. The van der Waals surface area contributed by atoms with Crippen molar-refractivity contribution in [2.75, 3.05) is 53.5 Å². The van der Waals surface area contributed by atoms with Gasteiger partial charge in [0.05, 0.1) is 25.4 Å². The van der Waals surface area contributed by atoms with Crippen LogP contribution in [0.3, 0.4) is 0 Å². The molecule has 1 aromatic rings. The summed E-state index contributed by atoms with van der Waals surface area (Å²) < 4.78 is 7.51. The molecule has 2 atom stereocenters. The molecule has 2 aliphatic rings. The van der Waals surface area contributed by atoms with Gasteiger partial charge in [0.1, 0.15) is 0 Å². The predicted molar refractivity (Wildman–Crippen MR) is 115 cm³/mol. The number of aryl methyl sites for hydroxylation is 1. The number of aliphatic imine (C=N–C) groups is 1. The van der Waals surface area contributed by atoms with Gasteiger partial charge in [-0.3, -0.25) is 9.67 Å². The van der Waals surface area contributed by atoms with Crippen molar-refractivity contribution in [3.8, 4) is 0 Å². The van der Waals surface area contributed by atoms with Crippen LogP contribution in [0.4, 0.5) is 0 Å². The Bertz CT molecular complexity index is 596. The highest BCUT2D eigenvalue weighted by molar-refractivity contribution is 14.0. The molecule has 3 rings (SSSR count). The third-order valence-corrected chi connectivity index (χ3v) is 5.40. The lowest BCUT2D eigenvalue weighted by molar-refractivity contribution is 0.156. The van der Waals surface area contributed by atoms with Gasteiger partial charge in [-0.25, -0.2) is 0 Å². The fourth-order valence-electron chi connectivity index (χ4n) is 3.87. The van der Waals surface area contributed by atoms with E-state index in [1.54, 1.807) is 0 Å². The number of likely N-dealkylation sites (tertiary alicyclic amines) is 1. The summed E-state index contributed by atoms with van der Waals surface area (Å²) in [5.41, 5.74) is 1.55. The van der Waals surface area contributed by atoms with E-state index in [2.05, 4.69) is 47.4 Å². The van der Waals surface area contributed by atoms with Crippen LogP contribution in [0.1, 0.15) is 31.4 Å². The van der Waals surface area contributed by atoms with Crippen molar-refractivity contribution >= 4 is 29.9 Å². The molecule has 8 heteroatoms. The fourth-order valence-corrected chi connectivity index (χ4v) is 3.87. The molecule has 1 N–H and O–H groups in total. The summed E-state index contributed by atoms with van der Waals surface area (Å²) in [5, 5.41) is 7.79. The Morgan fingerprint density at radius 3 is 2.85 bits per heavy atom. The average molecular weight is 476 g/mol. The molecule has 0 amide bonds. The highest BCUT2D eigenvalue weighted by atomic mass is 127. The van der Waals surface area contributed by atoms with Crippen molar-refractivity contribution in [3.63, 3.8) is 0 Å². The van der Waals surface area contributed by atoms with Crippen LogP contribution < -0.4 is 5.32 Å². The Kier molecular flexibility index (Phi) is 7.72. The minimum Gasteiger partial charge on any atom is -0.381 e. The zero-order chi connectivity index (χ0) is 17.9. The van der Waals surface area contributed by atoms with Gasteiger partial charge in [-0.15, -0.1) is 24.0 Å². The molecule has 148 valence electrons. The lowest BCUT2D eigenvalue weighted by Gasteiger charge is -2.26. The minimum atomic E-state index is 0. The van der Waals surface area contributed by atoms with Crippen LogP contribution in [0.5, 0.6) is 0 Å². The summed E-state index contributed by atoms with van der Waals surface area (Å²) in [6, 6.07) is 0.230. The predicted octanol–water partition coefficient (Wildman–Crippen LogP) is 1.72. The van der Waals surface area contributed by atoms with Crippen LogP contribution in [0, 0.1) is 5.41 Å². The highest BCUT2D eigenvalue weighted by Gasteiger charge is 2.42. The second-order valence-electron chi connectivity index (χ2n) is 7.60. The molecular formula is C18H33IN6O. The first-order valence-corrected chi connectivity index (χ1v) is 9.29. The summed E-state index contributed by atoms with van der Waals surface area (Å²) in [5.74, 6) is 1.03. The molecule has 0 radical (unpaired) electrons. The first-order chi connectivity index (χ1) is 12.0. The monoisotopic (exact) mass is 476 g/mol. The molecule has 0 saturated carbocycles. The Morgan fingerprint density at radius 1 is 1.46 bits per heavy atom. The number of hydrogen-bond donors (Lipinski definition) is 1. The summed E-state index contributed by atoms with van der Waals surface area (Å²) in [6.45, 7) is 7.67. The Morgan fingerprint density at radius 2 is 2.27 bits per heavy atom. The van der Waals surface area contributed by atoms with Crippen molar-refractivity contribution in [1.82, 2.24) is 24.9 Å². The van der Waals surface area contributed by atoms with Crippen molar-refractivity contribution < 1.29 is 4.74 Å². The SMILES string of the molecule is CCNC(=NCC(c1cnn(C)c1)N(C)C)N1CCC2(CCOC2)C1.I. The van der Waals surface area contributed by atoms with Crippen LogP contribution in [0.15, 0.2) is 17.4 Å². The molecule has 1 aromatic heterocycles. The standard InChI is InChI=1S/C18H32N6O.HI/c1-5-19-17(24-8-6-18(13-24)7-9-25-14-18)20-11-16(22(2)3)15-10-21-23(4)12-15;/h10,12,16H,5-9,11,13-14H2,1-4H3,(H,19,20);1H. The van der Waals surface area contributed by atoms with E-state index in [9.17, 15) is 0 Å². The van der Waals surface area contributed by atoms with Gasteiger partial charge in [0.15, 0.2) is 5.96 Å². The van der Waals surface area contributed by atoms with E-state index in [0.29, 0.717) is 5.41 Å². The summed E-state index contributed by atoms with van der Waals surface area (Å²) in [6.07, 6.45) is 6.40. The second-order valence-corrected chi connectivity index (χ2v) is 7.60. The first-order valence-electron chi connectivity index (χ1n) is 9.29. The van der Waals surface area contributed by atoms with Crippen LogP contribution in [-0.4, -0.2) is 79.0 Å². The smallest absolute Gasteiger partial charge is 0.194 e. The molecule has 0 bridgehead atoms. The second kappa shape index (κ2) is 9.36. The van der Waals surface area contributed by atoms with Gasteiger partial charge in [-0.1, -0.05) is 0 Å². The molecule has 0 aliphatic carbocycles. The van der Waals surface area contributed by atoms with Gasteiger partial charge in [-0.2, -0.15) is 5.10 Å². The van der Waals surface area contributed by atoms with Gasteiger partial charge < -0.3 is 19.9 Å². The van der Waals surface area contributed by atoms with Gasteiger partial charge in [0, 0.05) is 50.5 Å². The van der Waals surface area contributed by atoms with E-state index in [0.717, 1.165) is 45.4 Å². The van der Waals surface area contributed by atoms with E-state index in [4.69, 9.17) is 9.73 Å². The average Bonchev–Trinajstić information content (AvgIpc) is 3.30. The lowest BCUT2D eigenvalue weighted by atomic mass is 9.87. The number of aromatic nitrogens is 2. The molecule has 26 heavy (non-hydrogen) atoms. The number of hydrogen-bond acceptors (Lipinski definition) is 4. The molecule has 2 saturated heterocycles. The Labute approximate surface area is 174 Å². The normalized spacial score (nSPS) is 24.3. The van der Waals surface area contributed by atoms with Crippen molar-refractivity contribution in [3.05, 3.63) is 18.0 Å². The topological polar surface area (TPSA) is 57.9 Å². The quantitative estimate of drug-likeness (QED) is 0.399. The zero-order valence-electron chi connectivity index (χ0n) is 16.4. The molecule has 7 nitrogen and oxygen atoms in total. The molecule has 1 spiro atoms. The largest absolute Gasteiger partial charge is 0.381 e. The maximum Gasteiger partial charge on any atom is 0.194 e. The Balaban J connectivity index is 0.00000243.